The van der Waals surface area contributed by atoms with Gasteiger partial charge in [0.25, 0.3) is 0 Å². The summed E-state index contributed by atoms with van der Waals surface area (Å²) in [5, 5.41) is 0.832. The summed E-state index contributed by atoms with van der Waals surface area (Å²) in [6.45, 7) is 5.03. The van der Waals surface area contributed by atoms with Crippen molar-refractivity contribution in [1.29, 1.82) is 0 Å². The minimum Gasteiger partial charge on any atom is -0.382 e. The van der Waals surface area contributed by atoms with E-state index in [1.165, 1.54) is 12.8 Å². The highest BCUT2D eigenvalue weighted by Gasteiger charge is 2.23. The third kappa shape index (κ3) is 5.57. The monoisotopic (exact) mass is 262 g/mol. The highest BCUT2D eigenvalue weighted by molar-refractivity contribution is 7.99. The van der Waals surface area contributed by atoms with Gasteiger partial charge in [-0.25, -0.2) is 0 Å². The maximum Gasteiger partial charge on any atom is 0.0701 e. The van der Waals surface area contributed by atoms with Crippen molar-refractivity contribution in [3.63, 3.8) is 0 Å². The summed E-state index contributed by atoms with van der Waals surface area (Å²) in [5.74, 6) is 0. The molecule has 2 N–H and O–H groups in total. The van der Waals surface area contributed by atoms with Crippen molar-refractivity contribution >= 4 is 11.8 Å². The van der Waals surface area contributed by atoms with Gasteiger partial charge in [0.2, 0.25) is 0 Å². The first-order valence-corrected chi connectivity index (χ1v) is 7.64. The molecule has 1 aliphatic heterocycles. The Morgan fingerprint density at radius 2 is 2.06 bits per heavy atom. The minimum absolute atomic E-state index is 0.370. The van der Waals surface area contributed by atoms with E-state index in [0.717, 1.165) is 24.9 Å². The molecule has 0 aromatic heterocycles. The molecule has 0 spiro atoms. The van der Waals surface area contributed by atoms with Gasteiger partial charge >= 0.3 is 0 Å². The van der Waals surface area contributed by atoms with Gasteiger partial charge in [0.1, 0.15) is 0 Å². The molecule has 0 saturated carbocycles. The Balaban J connectivity index is 2.21. The van der Waals surface area contributed by atoms with Crippen molar-refractivity contribution in [3.8, 4) is 0 Å². The van der Waals surface area contributed by atoms with Crippen LogP contribution in [0, 0.1) is 0 Å². The number of nitrogens with two attached hydrogens (primary N) is 1. The fraction of sp³-hybridized carbons (Fsp3) is 1.00. The molecule has 0 amide bonds. The summed E-state index contributed by atoms with van der Waals surface area (Å²) in [6.07, 6.45) is 4.75. The van der Waals surface area contributed by atoms with Gasteiger partial charge in [0, 0.05) is 24.9 Å². The average molecular weight is 262 g/mol. The topological polar surface area (TPSA) is 47.7 Å². The predicted octanol–water partition coefficient (Wildman–Crippen LogP) is 0.804. The van der Waals surface area contributed by atoms with Crippen LogP contribution in [0.15, 0.2) is 0 Å². The molecule has 1 aliphatic rings. The first kappa shape index (κ1) is 15.2. The number of nitrogens with zero attached hydrogens (tertiary/aromatic N) is 1. The zero-order valence-corrected chi connectivity index (χ0v) is 11.9. The molecule has 0 bridgehead atoms. The van der Waals surface area contributed by atoms with E-state index in [2.05, 4.69) is 11.2 Å². The van der Waals surface area contributed by atoms with Crippen LogP contribution in [0.2, 0.25) is 0 Å². The fourth-order valence-electron chi connectivity index (χ4n) is 2.16. The normalized spacial score (nSPS) is 20.6. The van der Waals surface area contributed by atoms with Crippen LogP contribution in [0.25, 0.3) is 0 Å². The molecule has 0 aliphatic carbocycles. The Kier molecular flexibility index (Phi) is 8.22. The van der Waals surface area contributed by atoms with Gasteiger partial charge in [-0.3, -0.25) is 4.90 Å². The maximum absolute atomic E-state index is 5.83. The van der Waals surface area contributed by atoms with Crippen molar-refractivity contribution < 1.29 is 9.47 Å². The summed E-state index contributed by atoms with van der Waals surface area (Å²) in [5.41, 5.74) is 5.83. The molecule has 1 saturated heterocycles. The summed E-state index contributed by atoms with van der Waals surface area (Å²) in [6, 6.07) is 0.370. The van der Waals surface area contributed by atoms with Gasteiger partial charge in [-0.05, 0) is 32.2 Å². The number of hydrogen-bond acceptors (Lipinski definition) is 5. The van der Waals surface area contributed by atoms with Gasteiger partial charge in [-0.2, -0.15) is 11.8 Å². The van der Waals surface area contributed by atoms with Crippen molar-refractivity contribution in [2.75, 3.05) is 52.8 Å². The van der Waals surface area contributed by atoms with E-state index in [1.54, 1.807) is 7.11 Å². The summed E-state index contributed by atoms with van der Waals surface area (Å²) < 4.78 is 10.5. The molecule has 17 heavy (non-hydrogen) atoms. The van der Waals surface area contributed by atoms with Crippen LogP contribution in [-0.2, 0) is 9.47 Å². The minimum atomic E-state index is 0.370. The second kappa shape index (κ2) is 9.16. The van der Waals surface area contributed by atoms with Crippen LogP contribution in [0.5, 0.6) is 0 Å². The van der Waals surface area contributed by atoms with Crippen molar-refractivity contribution in [3.05, 3.63) is 0 Å². The number of methoxy groups -OCH3 is 1. The van der Waals surface area contributed by atoms with Crippen LogP contribution in [0.4, 0.5) is 0 Å². The van der Waals surface area contributed by atoms with Crippen LogP contribution in [-0.4, -0.2) is 69.0 Å². The molecular formula is C12H26N2O2S. The fourth-order valence-corrected chi connectivity index (χ4v) is 2.84. The average Bonchev–Trinajstić information content (AvgIpc) is 2.39. The van der Waals surface area contributed by atoms with Crippen LogP contribution in [0.1, 0.15) is 12.8 Å². The van der Waals surface area contributed by atoms with E-state index in [1.807, 2.05) is 11.8 Å². The van der Waals surface area contributed by atoms with E-state index in [-0.39, 0.29) is 0 Å². The molecule has 1 heterocycles. The lowest BCUT2D eigenvalue weighted by Crippen LogP contribution is -2.48. The molecule has 1 unspecified atom stereocenters. The first-order valence-electron chi connectivity index (χ1n) is 6.35. The van der Waals surface area contributed by atoms with Gasteiger partial charge in [-0.15, -0.1) is 0 Å². The molecule has 0 radical (unpaired) electrons. The second-order valence-electron chi connectivity index (χ2n) is 4.43. The molecule has 0 aromatic rings. The number of ether oxygens (including phenoxy) is 2. The third-order valence-electron chi connectivity index (χ3n) is 3.34. The molecule has 0 aromatic carbocycles. The Hall–Kier alpha value is 0.190. The van der Waals surface area contributed by atoms with Gasteiger partial charge in [0.05, 0.1) is 19.8 Å². The summed E-state index contributed by atoms with van der Waals surface area (Å²) in [4.78, 5) is 2.47. The number of piperidine rings is 1. The lowest BCUT2D eigenvalue weighted by Gasteiger charge is -2.36. The number of thioether (sulfide) groups is 1. The molecule has 4 nitrogen and oxygen atoms in total. The Labute approximate surface area is 109 Å². The van der Waals surface area contributed by atoms with E-state index in [4.69, 9.17) is 15.2 Å². The van der Waals surface area contributed by atoms with E-state index < -0.39 is 0 Å². The Bertz CT molecular complexity index is 187. The van der Waals surface area contributed by atoms with E-state index in [9.17, 15) is 0 Å². The molecule has 1 rings (SSSR count). The quantitative estimate of drug-likeness (QED) is 0.656. The largest absolute Gasteiger partial charge is 0.382 e. The number of likely N-dealkylation sites (tertiary alicyclic amines) is 1. The standard InChI is InChI=1S/C12H26N2O2S/c1-15-7-8-16-10-11(9-13)14-5-3-12(17-2)4-6-14/h11-12H,3-10,13H2,1-2H3. The van der Waals surface area contributed by atoms with Crippen LogP contribution < -0.4 is 5.73 Å². The Morgan fingerprint density at radius 3 is 2.59 bits per heavy atom. The van der Waals surface area contributed by atoms with Crippen LogP contribution in [0.3, 0.4) is 0 Å². The predicted molar refractivity (Wildman–Crippen MR) is 73.6 cm³/mol. The van der Waals surface area contributed by atoms with Gasteiger partial charge < -0.3 is 15.2 Å². The van der Waals surface area contributed by atoms with E-state index >= 15 is 0 Å². The third-order valence-corrected chi connectivity index (χ3v) is 4.48. The highest BCUT2D eigenvalue weighted by Crippen LogP contribution is 2.22. The summed E-state index contributed by atoms with van der Waals surface area (Å²) in [7, 11) is 1.69. The highest BCUT2D eigenvalue weighted by atomic mass is 32.2. The Morgan fingerprint density at radius 1 is 1.35 bits per heavy atom. The lowest BCUT2D eigenvalue weighted by molar-refractivity contribution is 0.0275. The number of hydrogen-bond donors (Lipinski definition) is 1. The lowest BCUT2D eigenvalue weighted by atomic mass is 10.1. The van der Waals surface area contributed by atoms with Crippen LogP contribution >= 0.6 is 11.8 Å². The SMILES string of the molecule is COCCOCC(CN)N1CCC(SC)CC1. The van der Waals surface area contributed by atoms with Crippen molar-refractivity contribution in [1.82, 2.24) is 4.90 Å². The van der Waals surface area contributed by atoms with Gasteiger partial charge in [-0.1, -0.05) is 0 Å². The molecular weight excluding hydrogens is 236 g/mol. The van der Waals surface area contributed by atoms with Gasteiger partial charge in [0.15, 0.2) is 0 Å². The van der Waals surface area contributed by atoms with Crippen molar-refractivity contribution in [2.24, 2.45) is 5.73 Å². The molecule has 1 fully saturated rings. The molecule has 102 valence electrons. The van der Waals surface area contributed by atoms with E-state index in [0.29, 0.717) is 25.8 Å². The maximum atomic E-state index is 5.83. The smallest absolute Gasteiger partial charge is 0.0701 e. The zero-order chi connectivity index (χ0) is 12.5. The molecule has 1 atom stereocenters. The number of rotatable bonds is 8. The first-order chi connectivity index (χ1) is 8.31. The zero-order valence-electron chi connectivity index (χ0n) is 11.1. The molecule has 5 heteroatoms. The summed E-state index contributed by atoms with van der Waals surface area (Å²) >= 11 is 1.99. The second-order valence-corrected chi connectivity index (χ2v) is 5.57. The van der Waals surface area contributed by atoms with Crippen molar-refractivity contribution in [2.45, 2.75) is 24.1 Å².